The molecule has 0 aliphatic carbocycles. The fourth-order valence-electron chi connectivity index (χ4n) is 3.28. The Morgan fingerprint density at radius 2 is 1.25 bits per heavy atom. The lowest BCUT2D eigenvalue weighted by atomic mass is 10.0. The number of benzene rings is 4. The minimum atomic E-state index is 0.771. The lowest BCUT2D eigenvalue weighted by Crippen LogP contribution is -1.77. The van der Waals surface area contributed by atoms with Crippen LogP contribution in [0.2, 0.25) is 5.02 Å². The fourth-order valence-corrected chi connectivity index (χ4v) is 4.53. The molecule has 0 aliphatic heterocycles. The Hall–Kier alpha value is -2.35. The van der Waals surface area contributed by atoms with E-state index in [1.54, 1.807) is 0 Å². The highest BCUT2D eigenvalue weighted by Crippen LogP contribution is 2.38. The zero-order chi connectivity index (χ0) is 16.1. The quantitative estimate of drug-likeness (QED) is 0.295. The Bertz CT molecular complexity index is 1200. The largest absolute Gasteiger partial charge is 0.135 e. The minimum Gasteiger partial charge on any atom is -0.135 e. The van der Waals surface area contributed by atoms with Gasteiger partial charge in [0, 0.05) is 25.2 Å². The lowest BCUT2D eigenvalue weighted by molar-refractivity contribution is 1.65. The maximum atomic E-state index is 6.01. The molecule has 0 N–H and O–H groups in total. The van der Waals surface area contributed by atoms with Crippen molar-refractivity contribution in [3.05, 3.63) is 83.9 Å². The van der Waals surface area contributed by atoms with Crippen LogP contribution in [0, 0.1) is 0 Å². The van der Waals surface area contributed by atoms with E-state index in [-0.39, 0.29) is 0 Å². The molecule has 1 heterocycles. The molecule has 4 aromatic carbocycles. The molecule has 114 valence electrons. The molecule has 0 spiro atoms. The van der Waals surface area contributed by atoms with Gasteiger partial charge in [-0.1, -0.05) is 54.1 Å². The van der Waals surface area contributed by atoms with Crippen molar-refractivity contribution in [1.29, 1.82) is 0 Å². The zero-order valence-corrected chi connectivity index (χ0v) is 14.4. The molecule has 0 fully saturated rings. The van der Waals surface area contributed by atoms with Crippen LogP contribution in [-0.4, -0.2) is 0 Å². The summed E-state index contributed by atoms with van der Waals surface area (Å²) in [5.41, 5.74) is 2.42. The van der Waals surface area contributed by atoms with Gasteiger partial charge in [-0.05, 0) is 58.3 Å². The molecule has 5 aromatic rings. The standard InChI is InChI=1S/C22H13ClS/c23-18-8-5-14(6-9-18)17-7-10-21-19(12-17)20-11-15-3-1-2-4-16(15)13-22(20)24-21/h1-13H. The average Bonchev–Trinajstić information content (AvgIpc) is 2.97. The van der Waals surface area contributed by atoms with Crippen molar-refractivity contribution in [2.75, 3.05) is 0 Å². The number of hydrogen-bond acceptors (Lipinski definition) is 1. The van der Waals surface area contributed by atoms with Gasteiger partial charge in [0.1, 0.15) is 0 Å². The zero-order valence-electron chi connectivity index (χ0n) is 12.8. The maximum absolute atomic E-state index is 6.01. The Balaban J connectivity index is 1.79. The Morgan fingerprint density at radius 1 is 0.583 bits per heavy atom. The molecule has 0 radical (unpaired) electrons. The third-order valence-corrected chi connectivity index (χ3v) is 5.90. The molecule has 1 aromatic heterocycles. The van der Waals surface area contributed by atoms with Crippen molar-refractivity contribution < 1.29 is 0 Å². The first-order valence-electron chi connectivity index (χ1n) is 7.89. The highest BCUT2D eigenvalue weighted by Gasteiger charge is 2.08. The van der Waals surface area contributed by atoms with Gasteiger partial charge in [-0.25, -0.2) is 0 Å². The van der Waals surface area contributed by atoms with Crippen LogP contribution in [0.25, 0.3) is 42.1 Å². The number of rotatable bonds is 1. The van der Waals surface area contributed by atoms with E-state index in [2.05, 4.69) is 66.7 Å². The van der Waals surface area contributed by atoms with Crippen LogP contribution in [0.3, 0.4) is 0 Å². The number of fused-ring (bicyclic) bond motifs is 4. The summed E-state index contributed by atoms with van der Waals surface area (Å²) in [6.45, 7) is 0. The van der Waals surface area contributed by atoms with E-state index in [4.69, 9.17) is 11.6 Å². The predicted octanol–water partition coefficient (Wildman–Crippen LogP) is 7.53. The summed E-state index contributed by atoms with van der Waals surface area (Å²) in [5.74, 6) is 0. The molecule has 0 unspecified atom stereocenters. The summed E-state index contributed by atoms with van der Waals surface area (Å²) in [6.07, 6.45) is 0. The third kappa shape index (κ3) is 2.21. The summed E-state index contributed by atoms with van der Waals surface area (Å²) in [4.78, 5) is 0. The second-order valence-electron chi connectivity index (χ2n) is 6.02. The van der Waals surface area contributed by atoms with Crippen LogP contribution in [0.15, 0.2) is 78.9 Å². The van der Waals surface area contributed by atoms with Gasteiger partial charge >= 0.3 is 0 Å². The lowest BCUT2D eigenvalue weighted by Gasteiger charge is -2.03. The van der Waals surface area contributed by atoms with Crippen LogP contribution < -0.4 is 0 Å². The molecule has 0 amide bonds. The second-order valence-corrected chi connectivity index (χ2v) is 7.54. The summed E-state index contributed by atoms with van der Waals surface area (Å²) < 4.78 is 2.68. The van der Waals surface area contributed by atoms with E-state index in [1.165, 1.54) is 42.1 Å². The summed E-state index contributed by atoms with van der Waals surface area (Å²) in [7, 11) is 0. The van der Waals surface area contributed by atoms with Crippen LogP contribution in [0.1, 0.15) is 0 Å². The van der Waals surface area contributed by atoms with Gasteiger partial charge in [-0.3, -0.25) is 0 Å². The molecule has 0 nitrogen and oxygen atoms in total. The SMILES string of the molecule is Clc1ccc(-c2ccc3sc4cc5ccccc5cc4c3c2)cc1. The van der Waals surface area contributed by atoms with Crippen LogP contribution in [-0.2, 0) is 0 Å². The van der Waals surface area contributed by atoms with E-state index in [0.717, 1.165) is 5.02 Å². The van der Waals surface area contributed by atoms with Crippen molar-refractivity contribution in [3.8, 4) is 11.1 Å². The summed E-state index contributed by atoms with van der Waals surface area (Å²) in [6, 6.07) is 27.9. The molecule has 2 heteroatoms. The molecule has 0 aliphatic rings. The Kier molecular flexibility index (Phi) is 3.12. The Morgan fingerprint density at radius 3 is 2.04 bits per heavy atom. The van der Waals surface area contributed by atoms with Gasteiger partial charge in [0.15, 0.2) is 0 Å². The van der Waals surface area contributed by atoms with E-state index in [1.807, 2.05) is 23.5 Å². The smallest absolute Gasteiger partial charge is 0.0406 e. The molecule has 0 atom stereocenters. The van der Waals surface area contributed by atoms with Gasteiger partial charge in [0.25, 0.3) is 0 Å². The molecule has 0 bridgehead atoms. The summed E-state index contributed by atoms with van der Waals surface area (Å²) >= 11 is 7.87. The van der Waals surface area contributed by atoms with Gasteiger partial charge < -0.3 is 0 Å². The van der Waals surface area contributed by atoms with E-state index >= 15 is 0 Å². The number of thiophene rings is 1. The number of hydrogen-bond donors (Lipinski definition) is 0. The van der Waals surface area contributed by atoms with Gasteiger partial charge in [0.05, 0.1) is 0 Å². The van der Waals surface area contributed by atoms with Crippen LogP contribution in [0.5, 0.6) is 0 Å². The fraction of sp³-hybridized carbons (Fsp3) is 0. The molecule has 0 saturated carbocycles. The maximum Gasteiger partial charge on any atom is 0.0406 e. The van der Waals surface area contributed by atoms with Crippen molar-refractivity contribution in [1.82, 2.24) is 0 Å². The first-order valence-corrected chi connectivity index (χ1v) is 9.08. The van der Waals surface area contributed by atoms with E-state index in [0.29, 0.717) is 0 Å². The molecular formula is C22H13ClS. The van der Waals surface area contributed by atoms with Crippen molar-refractivity contribution in [2.45, 2.75) is 0 Å². The normalized spacial score (nSPS) is 11.5. The van der Waals surface area contributed by atoms with Gasteiger partial charge in [-0.2, -0.15) is 0 Å². The first kappa shape index (κ1) is 14.0. The monoisotopic (exact) mass is 344 g/mol. The van der Waals surface area contributed by atoms with Gasteiger partial charge in [-0.15, -0.1) is 11.3 Å². The molecular weight excluding hydrogens is 332 g/mol. The predicted molar refractivity (Wildman–Crippen MR) is 107 cm³/mol. The molecule has 0 saturated heterocycles. The number of halogens is 1. The Labute approximate surface area is 148 Å². The topological polar surface area (TPSA) is 0 Å². The van der Waals surface area contributed by atoms with Gasteiger partial charge in [0.2, 0.25) is 0 Å². The van der Waals surface area contributed by atoms with Crippen LogP contribution >= 0.6 is 22.9 Å². The molecule has 5 rings (SSSR count). The molecule has 24 heavy (non-hydrogen) atoms. The minimum absolute atomic E-state index is 0.771. The average molecular weight is 345 g/mol. The van der Waals surface area contributed by atoms with Crippen molar-refractivity contribution in [3.63, 3.8) is 0 Å². The second kappa shape index (κ2) is 5.34. The summed E-state index contributed by atoms with van der Waals surface area (Å²) in [5, 5.41) is 6.03. The van der Waals surface area contributed by atoms with Crippen molar-refractivity contribution in [2.24, 2.45) is 0 Å². The highest BCUT2D eigenvalue weighted by atomic mass is 35.5. The van der Waals surface area contributed by atoms with E-state index in [9.17, 15) is 0 Å². The van der Waals surface area contributed by atoms with E-state index < -0.39 is 0 Å². The first-order chi connectivity index (χ1) is 11.8. The highest BCUT2D eigenvalue weighted by molar-refractivity contribution is 7.25. The van der Waals surface area contributed by atoms with Crippen molar-refractivity contribution >= 4 is 53.9 Å². The third-order valence-electron chi connectivity index (χ3n) is 4.52. The van der Waals surface area contributed by atoms with Crippen LogP contribution in [0.4, 0.5) is 0 Å².